The van der Waals surface area contributed by atoms with Gasteiger partial charge in [0, 0.05) is 36.1 Å². The van der Waals surface area contributed by atoms with Crippen molar-refractivity contribution >= 4 is 22.9 Å². The molecule has 2 aromatic heterocycles. The first kappa shape index (κ1) is 21.3. The molecular formula is C24H32N6O. The van der Waals surface area contributed by atoms with Crippen LogP contribution < -0.4 is 10.2 Å². The molecule has 1 saturated heterocycles. The second-order valence-corrected chi connectivity index (χ2v) is 8.51. The van der Waals surface area contributed by atoms with Crippen LogP contribution in [0.3, 0.4) is 0 Å². The molecule has 3 aromatic rings. The largest absolute Gasteiger partial charge is 0.369 e. The van der Waals surface area contributed by atoms with Crippen molar-refractivity contribution in [1.29, 1.82) is 0 Å². The second kappa shape index (κ2) is 9.47. The number of amides is 1. The van der Waals surface area contributed by atoms with Crippen molar-refractivity contribution in [2.24, 2.45) is 0 Å². The number of carbonyl (C=O) groups excluding carboxylic acids is 1. The van der Waals surface area contributed by atoms with Crippen LogP contribution in [0.2, 0.25) is 0 Å². The highest BCUT2D eigenvalue weighted by atomic mass is 16.2. The SMILES string of the molecule is CCN(c1ccc(NC(=O)CN2CCC(c3nnc4ccccn34)CC2)cc1)C(C)C. The molecule has 0 spiro atoms. The Balaban J connectivity index is 1.28. The quantitative estimate of drug-likeness (QED) is 0.630. The molecule has 0 aliphatic carbocycles. The van der Waals surface area contributed by atoms with E-state index >= 15 is 0 Å². The fraction of sp³-hybridized carbons (Fsp3) is 0.458. The molecule has 1 fully saturated rings. The van der Waals surface area contributed by atoms with Crippen molar-refractivity contribution in [2.75, 3.05) is 36.4 Å². The number of hydrogen-bond acceptors (Lipinski definition) is 5. The van der Waals surface area contributed by atoms with Gasteiger partial charge in [0.1, 0.15) is 5.82 Å². The first-order valence-electron chi connectivity index (χ1n) is 11.2. The number of aromatic nitrogens is 3. The highest BCUT2D eigenvalue weighted by Gasteiger charge is 2.25. The topological polar surface area (TPSA) is 65.8 Å². The zero-order valence-electron chi connectivity index (χ0n) is 18.7. The summed E-state index contributed by atoms with van der Waals surface area (Å²) in [4.78, 5) is 17.1. The number of rotatable bonds is 7. The van der Waals surface area contributed by atoms with E-state index in [9.17, 15) is 4.79 Å². The molecule has 164 valence electrons. The molecule has 1 amide bonds. The molecular weight excluding hydrogens is 388 g/mol. The van der Waals surface area contributed by atoms with E-state index in [4.69, 9.17) is 0 Å². The van der Waals surface area contributed by atoms with E-state index in [0.29, 0.717) is 18.5 Å². The average molecular weight is 421 g/mol. The molecule has 0 unspecified atom stereocenters. The van der Waals surface area contributed by atoms with Crippen LogP contribution in [0.15, 0.2) is 48.7 Å². The maximum absolute atomic E-state index is 12.6. The Bertz CT molecular complexity index is 1000. The lowest BCUT2D eigenvalue weighted by molar-refractivity contribution is -0.117. The van der Waals surface area contributed by atoms with Crippen LogP contribution in [0.4, 0.5) is 11.4 Å². The van der Waals surface area contributed by atoms with Crippen LogP contribution in [-0.4, -0.2) is 57.6 Å². The van der Waals surface area contributed by atoms with Gasteiger partial charge in [-0.1, -0.05) is 6.07 Å². The summed E-state index contributed by atoms with van der Waals surface area (Å²) in [6, 6.07) is 14.5. The number of hydrogen-bond donors (Lipinski definition) is 1. The van der Waals surface area contributed by atoms with Gasteiger partial charge in [-0.05, 0) is 83.1 Å². The lowest BCUT2D eigenvalue weighted by Gasteiger charge is -2.30. The summed E-state index contributed by atoms with van der Waals surface area (Å²) in [5, 5.41) is 11.7. The maximum atomic E-state index is 12.6. The van der Waals surface area contributed by atoms with Crippen LogP contribution in [0, 0.1) is 0 Å². The van der Waals surface area contributed by atoms with Crippen molar-refractivity contribution < 1.29 is 4.79 Å². The molecule has 7 heteroatoms. The molecule has 1 N–H and O–H groups in total. The van der Waals surface area contributed by atoms with Crippen molar-refractivity contribution in [3.63, 3.8) is 0 Å². The number of piperidine rings is 1. The molecule has 3 heterocycles. The predicted octanol–water partition coefficient (Wildman–Crippen LogP) is 3.78. The normalized spacial score (nSPS) is 15.5. The van der Waals surface area contributed by atoms with Gasteiger partial charge >= 0.3 is 0 Å². The first-order valence-corrected chi connectivity index (χ1v) is 11.2. The maximum Gasteiger partial charge on any atom is 0.238 e. The molecule has 1 aliphatic rings. The Hall–Kier alpha value is -2.93. The molecule has 0 radical (unpaired) electrons. The summed E-state index contributed by atoms with van der Waals surface area (Å²) >= 11 is 0. The molecule has 0 bridgehead atoms. The Morgan fingerprint density at radius 2 is 1.87 bits per heavy atom. The summed E-state index contributed by atoms with van der Waals surface area (Å²) in [5.41, 5.74) is 2.91. The molecule has 4 rings (SSSR count). The minimum absolute atomic E-state index is 0.0373. The fourth-order valence-electron chi connectivity index (χ4n) is 4.47. The van der Waals surface area contributed by atoms with Gasteiger partial charge < -0.3 is 10.2 Å². The molecule has 0 saturated carbocycles. The van der Waals surface area contributed by atoms with Crippen molar-refractivity contribution in [1.82, 2.24) is 19.5 Å². The minimum atomic E-state index is 0.0373. The highest BCUT2D eigenvalue weighted by molar-refractivity contribution is 5.92. The molecule has 0 atom stereocenters. The van der Waals surface area contributed by atoms with Crippen LogP contribution in [0.5, 0.6) is 0 Å². The van der Waals surface area contributed by atoms with Gasteiger partial charge in [0.15, 0.2) is 5.65 Å². The summed E-state index contributed by atoms with van der Waals surface area (Å²) in [5.74, 6) is 1.45. The number of likely N-dealkylation sites (tertiary alicyclic amines) is 1. The second-order valence-electron chi connectivity index (χ2n) is 8.51. The molecule has 1 aromatic carbocycles. The molecule has 31 heavy (non-hydrogen) atoms. The Morgan fingerprint density at radius 1 is 1.13 bits per heavy atom. The van der Waals surface area contributed by atoms with Crippen molar-refractivity contribution in [2.45, 2.75) is 45.6 Å². The third-order valence-electron chi connectivity index (χ3n) is 6.11. The van der Waals surface area contributed by atoms with Gasteiger partial charge in [-0.15, -0.1) is 10.2 Å². The Morgan fingerprint density at radius 3 is 2.55 bits per heavy atom. The van der Waals surface area contributed by atoms with Crippen molar-refractivity contribution in [3.05, 3.63) is 54.5 Å². The number of nitrogens with zero attached hydrogens (tertiary/aromatic N) is 5. The number of fused-ring (bicyclic) bond motifs is 1. The van der Waals surface area contributed by atoms with Crippen LogP contribution in [0.25, 0.3) is 5.65 Å². The average Bonchev–Trinajstić information content (AvgIpc) is 3.20. The first-order chi connectivity index (χ1) is 15.0. The van der Waals surface area contributed by atoms with E-state index < -0.39 is 0 Å². The standard InChI is InChI=1S/C24H32N6O/c1-4-29(18(2)3)21-10-8-20(9-11-21)25-23(31)17-28-15-12-19(13-16-28)24-27-26-22-7-5-6-14-30(22)24/h5-11,14,18-19H,4,12-13,15-17H2,1-3H3,(H,25,31). The van der Waals surface area contributed by atoms with Crippen LogP contribution in [-0.2, 0) is 4.79 Å². The van der Waals surface area contributed by atoms with Gasteiger partial charge in [-0.3, -0.25) is 14.1 Å². The Labute approximate surface area is 184 Å². The number of carbonyl (C=O) groups is 1. The minimum Gasteiger partial charge on any atom is -0.369 e. The monoisotopic (exact) mass is 420 g/mol. The lowest BCUT2D eigenvalue weighted by atomic mass is 9.96. The summed E-state index contributed by atoms with van der Waals surface area (Å²) in [6.07, 6.45) is 4.00. The van der Waals surface area contributed by atoms with Crippen molar-refractivity contribution in [3.8, 4) is 0 Å². The van der Waals surface area contributed by atoms with E-state index in [1.165, 1.54) is 5.69 Å². The van der Waals surface area contributed by atoms with Gasteiger partial charge in [0.25, 0.3) is 0 Å². The molecule has 7 nitrogen and oxygen atoms in total. The van der Waals surface area contributed by atoms with Crippen LogP contribution in [0.1, 0.15) is 45.4 Å². The van der Waals surface area contributed by atoms with E-state index in [1.807, 2.05) is 36.5 Å². The van der Waals surface area contributed by atoms with Crippen LogP contribution >= 0.6 is 0 Å². The third-order valence-corrected chi connectivity index (χ3v) is 6.11. The third kappa shape index (κ3) is 4.88. The summed E-state index contributed by atoms with van der Waals surface area (Å²) < 4.78 is 2.08. The highest BCUT2D eigenvalue weighted by Crippen LogP contribution is 2.27. The summed E-state index contributed by atoms with van der Waals surface area (Å²) in [7, 11) is 0. The number of nitrogens with one attached hydrogen (secondary N) is 1. The number of anilines is 2. The Kier molecular flexibility index (Phi) is 6.51. The fourth-order valence-corrected chi connectivity index (χ4v) is 4.47. The van der Waals surface area contributed by atoms with E-state index in [1.54, 1.807) is 0 Å². The zero-order chi connectivity index (χ0) is 21.8. The number of benzene rings is 1. The smallest absolute Gasteiger partial charge is 0.238 e. The van der Waals surface area contributed by atoms with E-state index in [2.05, 4.69) is 62.6 Å². The molecule has 1 aliphatic heterocycles. The van der Waals surface area contributed by atoms with Gasteiger partial charge in [0.05, 0.1) is 6.54 Å². The predicted molar refractivity (Wildman–Crippen MR) is 125 cm³/mol. The van der Waals surface area contributed by atoms with Gasteiger partial charge in [-0.2, -0.15) is 0 Å². The van der Waals surface area contributed by atoms with Gasteiger partial charge in [0.2, 0.25) is 5.91 Å². The van der Waals surface area contributed by atoms with E-state index in [-0.39, 0.29) is 5.91 Å². The van der Waals surface area contributed by atoms with E-state index in [0.717, 1.165) is 49.6 Å². The summed E-state index contributed by atoms with van der Waals surface area (Å²) in [6.45, 7) is 9.69. The zero-order valence-corrected chi connectivity index (χ0v) is 18.7. The lowest BCUT2D eigenvalue weighted by Crippen LogP contribution is -2.39. The number of pyridine rings is 1. The van der Waals surface area contributed by atoms with Gasteiger partial charge in [-0.25, -0.2) is 0 Å².